The molecule has 0 amide bonds. The van der Waals surface area contributed by atoms with Crippen LogP contribution in [0.1, 0.15) is 18.4 Å². The van der Waals surface area contributed by atoms with Crippen LogP contribution in [0, 0.1) is 5.41 Å². The van der Waals surface area contributed by atoms with E-state index in [1.165, 1.54) is 5.56 Å². The van der Waals surface area contributed by atoms with Crippen molar-refractivity contribution in [3.63, 3.8) is 0 Å². The van der Waals surface area contributed by atoms with Gasteiger partial charge in [0.25, 0.3) is 0 Å². The summed E-state index contributed by atoms with van der Waals surface area (Å²) in [4.78, 5) is 2.45. The molecule has 0 aliphatic carbocycles. The van der Waals surface area contributed by atoms with Gasteiger partial charge in [0.15, 0.2) is 0 Å². The molecule has 0 unspecified atom stereocenters. The maximum atomic E-state index is 12.7. The van der Waals surface area contributed by atoms with E-state index in [1.807, 2.05) is 13.1 Å². The molecule has 2 aliphatic heterocycles. The number of piperidine rings is 1. The van der Waals surface area contributed by atoms with Gasteiger partial charge in [0.1, 0.15) is 0 Å². The Labute approximate surface area is 144 Å². The van der Waals surface area contributed by atoms with Crippen molar-refractivity contribution in [2.75, 3.05) is 51.8 Å². The van der Waals surface area contributed by atoms with Crippen LogP contribution in [0.3, 0.4) is 0 Å². The Morgan fingerprint density at radius 2 is 2.08 bits per heavy atom. The molecule has 3 rings (SSSR count). The quantitative estimate of drug-likeness (QED) is 0.798. The summed E-state index contributed by atoms with van der Waals surface area (Å²) < 4.78 is 33.7. The molecule has 6 nitrogen and oxygen atoms in total. The normalized spacial score (nSPS) is 20.2. The largest absolute Gasteiger partial charge is 0.384 e. The van der Waals surface area contributed by atoms with E-state index in [0.717, 1.165) is 44.6 Å². The van der Waals surface area contributed by atoms with Crippen LogP contribution >= 0.6 is 0 Å². The second-order valence-electron chi connectivity index (χ2n) is 6.97. The maximum absolute atomic E-state index is 12.7. The molecule has 0 aromatic heterocycles. The van der Waals surface area contributed by atoms with Crippen LogP contribution in [0.2, 0.25) is 0 Å². The summed E-state index contributed by atoms with van der Waals surface area (Å²) >= 11 is 0. The van der Waals surface area contributed by atoms with Gasteiger partial charge in [-0.05, 0) is 50.0 Å². The van der Waals surface area contributed by atoms with Gasteiger partial charge in [-0.2, -0.15) is 0 Å². The lowest BCUT2D eigenvalue weighted by Crippen LogP contribution is -2.47. The minimum absolute atomic E-state index is 0.124. The molecule has 1 fully saturated rings. The number of likely N-dealkylation sites (N-methyl/N-ethyl adjacent to an activating group) is 1. The van der Waals surface area contributed by atoms with Crippen molar-refractivity contribution in [3.8, 4) is 0 Å². The van der Waals surface area contributed by atoms with Crippen molar-refractivity contribution < 1.29 is 13.2 Å². The minimum atomic E-state index is -3.51. The first-order valence-corrected chi connectivity index (χ1v) is 9.98. The van der Waals surface area contributed by atoms with Crippen molar-refractivity contribution >= 4 is 15.7 Å². The molecule has 2 heterocycles. The van der Waals surface area contributed by atoms with E-state index in [1.54, 1.807) is 19.2 Å². The zero-order valence-corrected chi connectivity index (χ0v) is 15.3. The van der Waals surface area contributed by atoms with Gasteiger partial charge in [-0.25, -0.2) is 13.1 Å². The van der Waals surface area contributed by atoms with E-state index in [-0.39, 0.29) is 5.41 Å². The fourth-order valence-corrected chi connectivity index (χ4v) is 4.83. The highest BCUT2D eigenvalue weighted by atomic mass is 32.2. The second kappa shape index (κ2) is 7.00. The first-order valence-electron chi connectivity index (χ1n) is 8.49. The Morgan fingerprint density at radius 3 is 2.79 bits per heavy atom. The lowest BCUT2D eigenvalue weighted by Gasteiger charge is -2.37. The van der Waals surface area contributed by atoms with Crippen LogP contribution in [0.5, 0.6) is 0 Å². The van der Waals surface area contributed by atoms with E-state index >= 15 is 0 Å². The van der Waals surface area contributed by atoms with Crippen LogP contribution in [-0.4, -0.2) is 55.4 Å². The Morgan fingerprint density at radius 1 is 1.33 bits per heavy atom. The number of anilines is 1. The van der Waals surface area contributed by atoms with E-state index in [2.05, 4.69) is 14.9 Å². The number of rotatable bonds is 6. The Hall–Kier alpha value is -1.15. The number of ether oxygens (including phenoxy) is 1. The number of sulfonamides is 1. The summed E-state index contributed by atoms with van der Waals surface area (Å²) in [5.74, 6) is 0. The van der Waals surface area contributed by atoms with Crippen LogP contribution in [-0.2, 0) is 21.2 Å². The molecular formula is C17H27N3O3S. The maximum Gasteiger partial charge on any atom is 0.240 e. The highest BCUT2D eigenvalue weighted by molar-refractivity contribution is 7.89. The van der Waals surface area contributed by atoms with Gasteiger partial charge >= 0.3 is 0 Å². The molecule has 1 aromatic carbocycles. The fourth-order valence-electron chi connectivity index (χ4n) is 3.65. The number of benzene rings is 1. The monoisotopic (exact) mass is 353 g/mol. The zero-order valence-electron chi connectivity index (χ0n) is 14.5. The highest BCUT2D eigenvalue weighted by Gasteiger charge is 2.33. The number of methoxy groups -OCH3 is 1. The number of nitrogens with one attached hydrogen (secondary N) is 2. The third-order valence-electron chi connectivity index (χ3n) is 5.25. The van der Waals surface area contributed by atoms with Gasteiger partial charge in [0, 0.05) is 38.3 Å². The summed E-state index contributed by atoms with van der Waals surface area (Å²) in [5, 5.41) is 3.32. The predicted molar refractivity (Wildman–Crippen MR) is 95.0 cm³/mol. The first-order chi connectivity index (χ1) is 11.5. The van der Waals surface area contributed by atoms with Crippen molar-refractivity contribution in [1.29, 1.82) is 0 Å². The number of hydrogen-bond donors (Lipinski definition) is 2. The standard InChI is InChI=1S/C17H27N3O3S/c1-20-10-5-14-3-4-15(11-16(14)20)24(21,22)19-12-17(13-23-2)6-8-18-9-7-17/h3-4,11,18-19H,5-10,12-13H2,1-2H3. The zero-order chi connectivity index (χ0) is 17.2. The Kier molecular flexibility index (Phi) is 5.15. The third-order valence-corrected chi connectivity index (χ3v) is 6.65. The van der Waals surface area contributed by atoms with Crippen LogP contribution < -0.4 is 14.9 Å². The minimum Gasteiger partial charge on any atom is -0.384 e. The van der Waals surface area contributed by atoms with E-state index in [0.29, 0.717) is 18.0 Å². The van der Waals surface area contributed by atoms with Gasteiger partial charge < -0.3 is 15.0 Å². The molecule has 0 saturated carbocycles. The van der Waals surface area contributed by atoms with Gasteiger partial charge in [0.2, 0.25) is 10.0 Å². The molecule has 0 spiro atoms. The smallest absolute Gasteiger partial charge is 0.240 e. The number of fused-ring (bicyclic) bond motifs is 1. The SMILES string of the molecule is COCC1(CNS(=O)(=O)c2ccc3c(c2)N(C)CC3)CCNCC1. The van der Waals surface area contributed by atoms with E-state index < -0.39 is 10.0 Å². The molecule has 7 heteroatoms. The van der Waals surface area contributed by atoms with E-state index in [9.17, 15) is 8.42 Å². The molecule has 0 atom stereocenters. The van der Waals surface area contributed by atoms with Gasteiger partial charge in [-0.15, -0.1) is 0 Å². The number of hydrogen-bond acceptors (Lipinski definition) is 5. The third kappa shape index (κ3) is 3.59. The van der Waals surface area contributed by atoms with Crippen molar-refractivity contribution in [3.05, 3.63) is 23.8 Å². The average Bonchev–Trinajstić information content (AvgIpc) is 2.95. The topological polar surface area (TPSA) is 70.7 Å². The van der Waals surface area contributed by atoms with Crippen molar-refractivity contribution in [2.24, 2.45) is 5.41 Å². The first kappa shape index (κ1) is 17.7. The lowest BCUT2D eigenvalue weighted by molar-refractivity contribution is 0.0577. The van der Waals surface area contributed by atoms with Gasteiger partial charge in [-0.1, -0.05) is 6.07 Å². The molecule has 1 aromatic rings. The summed E-state index contributed by atoms with van der Waals surface area (Å²) in [6.45, 7) is 3.72. The molecule has 1 saturated heterocycles. The van der Waals surface area contributed by atoms with Crippen LogP contribution in [0.25, 0.3) is 0 Å². The highest BCUT2D eigenvalue weighted by Crippen LogP contribution is 2.31. The molecule has 134 valence electrons. The molecule has 0 bridgehead atoms. The number of nitrogens with zero attached hydrogens (tertiary/aromatic N) is 1. The lowest BCUT2D eigenvalue weighted by atomic mass is 9.80. The Bertz CT molecular complexity index is 679. The predicted octanol–water partition coefficient (Wildman–Crippen LogP) is 0.973. The van der Waals surface area contributed by atoms with Gasteiger partial charge in [-0.3, -0.25) is 0 Å². The van der Waals surface area contributed by atoms with Crippen molar-refractivity contribution in [2.45, 2.75) is 24.2 Å². The summed E-state index contributed by atoms with van der Waals surface area (Å²) in [6.07, 6.45) is 2.80. The molecule has 2 aliphatic rings. The second-order valence-corrected chi connectivity index (χ2v) is 8.74. The van der Waals surface area contributed by atoms with Crippen LogP contribution in [0.4, 0.5) is 5.69 Å². The van der Waals surface area contributed by atoms with E-state index in [4.69, 9.17) is 4.74 Å². The van der Waals surface area contributed by atoms with Gasteiger partial charge in [0.05, 0.1) is 11.5 Å². The summed E-state index contributed by atoms with van der Waals surface area (Å²) in [5.41, 5.74) is 2.11. The molecule has 24 heavy (non-hydrogen) atoms. The fraction of sp³-hybridized carbons (Fsp3) is 0.647. The summed E-state index contributed by atoms with van der Waals surface area (Å²) in [6, 6.07) is 5.44. The van der Waals surface area contributed by atoms with Crippen LogP contribution in [0.15, 0.2) is 23.1 Å². The summed E-state index contributed by atoms with van der Waals surface area (Å²) in [7, 11) is 0.160. The Balaban J connectivity index is 1.75. The molecule has 0 radical (unpaired) electrons. The van der Waals surface area contributed by atoms with Crippen molar-refractivity contribution in [1.82, 2.24) is 10.0 Å². The molecular weight excluding hydrogens is 326 g/mol. The molecule has 2 N–H and O–H groups in total. The average molecular weight is 353 g/mol.